The van der Waals surface area contributed by atoms with E-state index in [0.29, 0.717) is 25.7 Å². The van der Waals surface area contributed by atoms with Crippen LogP contribution in [0.1, 0.15) is 272 Å². The summed E-state index contributed by atoms with van der Waals surface area (Å²) in [5.74, 6) is -2.18. The first kappa shape index (κ1) is 75.5. The van der Waals surface area contributed by atoms with E-state index in [1.165, 1.54) is 77.0 Å². The van der Waals surface area contributed by atoms with Gasteiger partial charge in [-0.3, -0.25) is 37.3 Å². The number of esters is 4. The average molecular weight is 1150 g/mol. The van der Waals surface area contributed by atoms with E-state index < -0.39 is 97.5 Å². The monoisotopic (exact) mass is 1150 g/mol. The second-order valence-electron chi connectivity index (χ2n) is 20.7. The normalized spacial score (nSPS) is 14.5. The second-order valence-corrected chi connectivity index (χ2v) is 23.6. The van der Waals surface area contributed by atoms with Crippen LogP contribution in [0.5, 0.6) is 0 Å². The van der Waals surface area contributed by atoms with Crippen LogP contribution in [0.3, 0.4) is 0 Å². The molecule has 0 aromatic carbocycles. The van der Waals surface area contributed by atoms with E-state index in [1.807, 2.05) is 0 Å². The Kier molecular flexibility index (Phi) is 52.1. The molecule has 0 aliphatic rings. The molecular weight excluding hydrogens is 1040 g/mol. The second kappa shape index (κ2) is 53.8. The lowest BCUT2D eigenvalue weighted by Gasteiger charge is -2.21. The highest BCUT2D eigenvalue weighted by molar-refractivity contribution is 7.47. The van der Waals surface area contributed by atoms with Crippen molar-refractivity contribution in [3.63, 3.8) is 0 Å². The average Bonchev–Trinajstić information content (AvgIpc) is 3.41. The van der Waals surface area contributed by atoms with E-state index in [4.69, 9.17) is 37.0 Å². The molecule has 0 heterocycles. The van der Waals surface area contributed by atoms with Gasteiger partial charge in [0.2, 0.25) is 0 Å². The number of phosphoric ester groups is 2. The Bertz CT molecular complexity index is 1610. The van der Waals surface area contributed by atoms with Gasteiger partial charge in [-0.1, -0.05) is 219 Å². The number of carbonyl (C=O) groups excluding carboxylic acids is 4. The molecule has 19 heteroatoms. The Labute approximate surface area is 472 Å². The molecule has 0 aliphatic carbocycles. The van der Waals surface area contributed by atoms with Gasteiger partial charge < -0.3 is 33.8 Å². The quantitative estimate of drug-likeness (QED) is 0.0169. The summed E-state index contributed by atoms with van der Waals surface area (Å²) < 4.78 is 67.4. The summed E-state index contributed by atoms with van der Waals surface area (Å²) in [6.45, 7) is 4.66. The van der Waals surface area contributed by atoms with Crippen LogP contribution in [0, 0.1) is 0 Å². The van der Waals surface area contributed by atoms with Crippen molar-refractivity contribution in [1.82, 2.24) is 0 Å². The number of aliphatic hydroxyl groups is 1. The predicted octanol–water partition coefficient (Wildman–Crippen LogP) is 15.5. The summed E-state index contributed by atoms with van der Waals surface area (Å²) in [4.78, 5) is 71.6. The van der Waals surface area contributed by atoms with Crippen LogP contribution < -0.4 is 0 Å². The van der Waals surface area contributed by atoms with Gasteiger partial charge in [-0.2, -0.15) is 0 Å². The third kappa shape index (κ3) is 52.9. The number of ether oxygens (including phenoxy) is 4. The molecule has 0 amide bonds. The van der Waals surface area contributed by atoms with Crippen molar-refractivity contribution in [3.05, 3.63) is 24.3 Å². The van der Waals surface area contributed by atoms with Crippen LogP contribution in [0.15, 0.2) is 24.3 Å². The Morgan fingerprint density at radius 3 is 0.936 bits per heavy atom. The zero-order valence-electron chi connectivity index (χ0n) is 49.1. The molecule has 0 aliphatic heterocycles. The lowest BCUT2D eigenvalue weighted by molar-refractivity contribution is -0.161. The summed E-state index contributed by atoms with van der Waals surface area (Å²) in [7, 11) is -9.87. The summed E-state index contributed by atoms with van der Waals surface area (Å²) in [5, 5.41) is 10.5. The minimum atomic E-state index is -4.94. The largest absolute Gasteiger partial charge is 0.472 e. The van der Waals surface area contributed by atoms with E-state index in [1.54, 1.807) is 0 Å². The number of hydrogen-bond donors (Lipinski definition) is 3. The molecule has 3 N–H and O–H groups in total. The lowest BCUT2D eigenvalue weighted by atomic mass is 10.1. The molecule has 0 aromatic rings. The van der Waals surface area contributed by atoms with Gasteiger partial charge in [0.15, 0.2) is 12.2 Å². The van der Waals surface area contributed by atoms with Gasteiger partial charge in [0.25, 0.3) is 0 Å². The molecule has 2 unspecified atom stereocenters. The van der Waals surface area contributed by atoms with Crippen LogP contribution in [0.2, 0.25) is 0 Å². The fourth-order valence-corrected chi connectivity index (χ4v) is 9.79. The van der Waals surface area contributed by atoms with Crippen LogP contribution in [-0.2, 0) is 65.4 Å². The molecule has 0 spiro atoms. The van der Waals surface area contributed by atoms with E-state index in [-0.39, 0.29) is 25.7 Å². The van der Waals surface area contributed by atoms with Gasteiger partial charge in [0, 0.05) is 25.7 Å². The van der Waals surface area contributed by atoms with Crippen molar-refractivity contribution in [3.8, 4) is 0 Å². The smallest absolute Gasteiger partial charge is 0.462 e. The molecule has 78 heavy (non-hydrogen) atoms. The molecule has 0 aromatic heterocycles. The maximum atomic E-state index is 12.9. The minimum Gasteiger partial charge on any atom is -0.462 e. The Morgan fingerprint density at radius 2 is 0.615 bits per heavy atom. The molecule has 458 valence electrons. The summed E-state index contributed by atoms with van der Waals surface area (Å²) in [6.07, 6.45) is 40.2. The fraction of sp³-hybridized carbons (Fsp3) is 0.864. The van der Waals surface area contributed by atoms with E-state index in [9.17, 15) is 43.2 Å². The van der Waals surface area contributed by atoms with Crippen molar-refractivity contribution in [1.29, 1.82) is 0 Å². The number of carbonyl (C=O) groups is 4. The number of rotatable bonds is 58. The van der Waals surface area contributed by atoms with Gasteiger partial charge in [-0.15, -0.1) is 0 Å². The summed E-state index contributed by atoms with van der Waals surface area (Å²) >= 11 is 0. The number of hydrogen-bond acceptors (Lipinski definition) is 15. The summed E-state index contributed by atoms with van der Waals surface area (Å²) in [5.41, 5.74) is 0. The lowest BCUT2D eigenvalue weighted by Crippen LogP contribution is -2.30. The molecule has 5 atom stereocenters. The van der Waals surface area contributed by atoms with Crippen molar-refractivity contribution in [2.45, 2.75) is 290 Å². The Hall–Kier alpha value is -2.46. The summed E-state index contributed by atoms with van der Waals surface area (Å²) in [6, 6.07) is 0. The van der Waals surface area contributed by atoms with Crippen molar-refractivity contribution < 1.29 is 80.2 Å². The van der Waals surface area contributed by atoms with Gasteiger partial charge in [0.1, 0.15) is 19.3 Å². The number of allylic oxidation sites excluding steroid dienone is 4. The first-order valence-electron chi connectivity index (χ1n) is 30.6. The predicted molar refractivity (Wildman–Crippen MR) is 308 cm³/mol. The zero-order valence-corrected chi connectivity index (χ0v) is 50.9. The van der Waals surface area contributed by atoms with E-state index >= 15 is 0 Å². The van der Waals surface area contributed by atoms with Gasteiger partial charge >= 0.3 is 39.5 Å². The molecule has 17 nitrogen and oxygen atoms in total. The Balaban J connectivity index is 5.20. The van der Waals surface area contributed by atoms with Crippen LogP contribution in [0.4, 0.5) is 0 Å². The third-order valence-corrected chi connectivity index (χ3v) is 14.9. The van der Waals surface area contributed by atoms with Crippen molar-refractivity contribution in [2.75, 3.05) is 39.6 Å². The fourth-order valence-electron chi connectivity index (χ4n) is 8.21. The molecule has 0 bridgehead atoms. The molecule has 0 radical (unpaired) electrons. The van der Waals surface area contributed by atoms with E-state index in [2.05, 4.69) is 52.0 Å². The highest BCUT2D eigenvalue weighted by Gasteiger charge is 2.30. The van der Waals surface area contributed by atoms with E-state index in [0.717, 1.165) is 116 Å². The first-order chi connectivity index (χ1) is 37.7. The van der Waals surface area contributed by atoms with Gasteiger partial charge in [-0.05, 0) is 51.4 Å². The topological polar surface area (TPSA) is 237 Å². The Morgan fingerprint density at radius 1 is 0.359 bits per heavy atom. The van der Waals surface area contributed by atoms with Crippen LogP contribution >= 0.6 is 15.6 Å². The minimum absolute atomic E-state index is 0.0851. The standard InChI is InChI=1S/C59H110O17P2/c1-5-9-13-17-20-23-25-26-27-28-29-31-34-38-42-46-59(64)76-55(50-70-57(62)44-40-36-33-30-24-21-18-14-10-6-2)52-74-78(67,68)72-48-53(60)47-71-77(65,66)73-51-54(49-69-56(61)43-39-35-16-12-8-4)75-58(63)45-41-37-32-22-19-15-11-7-3/h23,25-27,53-55,60H,5-22,24,28-52H2,1-4H3,(H,65,66)(H,67,68)/b25-23-,27-26-/t53-,54+,55+/m0/s1. The zero-order chi connectivity index (χ0) is 57.6. The maximum absolute atomic E-state index is 12.9. The first-order valence-corrected chi connectivity index (χ1v) is 33.6. The molecule has 0 rings (SSSR count). The molecule has 0 saturated heterocycles. The third-order valence-electron chi connectivity index (χ3n) is 13.0. The van der Waals surface area contributed by atoms with Crippen LogP contribution in [0.25, 0.3) is 0 Å². The number of aliphatic hydroxyl groups excluding tert-OH is 1. The maximum Gasteiger partial charge on any atom is 0.472 e. The highest BCUT2D eigenvalue weighted by Crippen LogP contribution is 2.45. The molecular formula is C59H110O17P2. The van der Waals surface area contributed by atoms with Crippen molar-refractivity contribution >= 4 is 39.5 Å². The number of phosphoric acid groups is 2. The van der Waals surface area contributed by atoms with Gasteiger partial charge in [0.05, 0.1) is 26.4 Å². The van der Waals surface area contributed by atoms with Gasteiger partial charge in [-0.25, -0.2) is 9.13 Å². The van der Waals surface area contributed by atoms with Crippen LogP contribution in [-0.4, -0.2) is 96.7 Å². The molecule has 0 saturated carbocycles. The number of unbranched alkanes of at least 4 members (excludes halogenated alkanes) is 29. The SMILES string of the molecule is CCCCCC/C=C\C=C/CCCCCCCC(=O)O[C@H](COC(=O)CCCCCCCCCCCC)COP(=O)(O)OC[C@@H](O)COP(=O)(O)OC[C@@H](COC(=O)CCCCCCC)OC(=O)CCCCCCCCCC. The van der Waals surface area contributed by atoms with Crippen molar-refractivity contribution in [2.24, 2.45) is 0 Å². The highest BCUT2D eigenvalue weighted by atomic mass is 31.2. The molecule has 0 fully saturated rings.